The maximum absolute atomic E-state index is 12.6. The zero-order valence-electron chi connectivity index (χ0n) is 14.0. The molecule has 2 N–H and O–H groups in total. The Kier molecular flexibility index (Phi) is 4.64. The van der Waals surface area contributed by atoms with Crippen molar-refractivity contribution in [2.24, 2.45) is 0 Å². The van der Waals surface area contributed by atoms with Gasteiger partial charge in [0, 0.05) is 19.2 Å². The van der Waals surface area contributed by atoms with Gasteiger partial charge in [0.05, 0.1) is 6.04 Å². The molecule has 1 heterocycles. The Morgan fingerprint density at radius 3 is 2.50 bits per heavy atom. The van der Waals surface area contributed by atoms with Gasteiger partial charge in [-0.2, -0.15) is 5.10 Å². The number of nitrogens with zero attached hydrogens (tertiary/aromatic N) is 2. The molecule has 0 bridgehead atoms. The maximum atomic E-state index is 12.6. The van der Waals surface area contributed by atoms with E-state index in [1.54, 1.807) is 17.8 Å². The number of amides is 2. The SMILES string of the molecule is CNC(=O)c1cc(C(=O)NC2CCC2)n([C@@H](C)c2ccccc2)n1. The number of rotatable bonds is 5. The molecule has 2 amide bonds. The summed E-state index contributed by atoms with van der Waals surface area (Å²) in [6.07, 6.45) is 3.17. The molecular formula is C18H22N4O2. The minimum atomic E-state index is -0.299. The standard InChI is InChI=1S/C18H22N4O2/c1-12(13-7-4-3-5-8-13)22-16(11-15(21-22)17(23)19-2)18(24)20-14-9-6-10-14/h3-5,7-8,11-12,14H,6,9-10H2,1-2H3,(H,19,23)(H,20,24)/t12-/m0/s1. The van der Waals surface area contributed by atoms with E-state index >= 15 is 0 Å². The Balaban J connectivity index is 1.94. The van der Waals surface area contributed by atoms with Gasteiger partial charge in [-0.25, -0.2) is 0 Å². The van der Waals surface area contributed by atoms with Crippen molar-refractivity contribution in [1.29, 1.82) is 0 Å². The topological polar surface area (TPSA) is 76.0 Å². The van der Waals surface area contributed by atoms with Gasteiger partial charge in [0.1, 0.15) is 5.69 Å². The first kappa shape index (κ1) is 16.2. The van der Waals surface area contributed by atoms with Crippen LogP contribution < -0.4 is 10.6 Å². The molecule has 0 radical (unpaired) electrons. The van der Waals surface area contributed by atoms with Crippen LogP contribution >= 0.6 is 0 Å². The lowest BCUT2D eigenvalue weighted by Crippen LogP contribution is -2.40. The third-order valence-corrected chi connectivity index (χ3v) is 4.52. The van der Waals surface area contributed by atoms with Gasteiger partial charge in [-0.05, 0) is 31.7 Å². The van der Waals surface area contributed by atoms with Crippen LogP contribution in [0.25, 0.3) is 0 Å². The summed E-state index contributed by atoms with van der Waals surface area (Å²) in [4.78, 5) is 24.6. The van der Waals surface area contributed by atoms with Gasteiger partial charge < -0.3 is 10.6 Å². The molecule has 126 valence electrons. The molecule has 6 heteroatoms. The fraction of sp³-hybridized carbons (Fsp3) is 0.389. The van der Waals surface area contributed by atoms with E-state index in [0.717, 1.165) is 24.8 Å². The van der Waals surface area contributed by atoms with Gasteiger partial charge >= 0.3 is 0 Å². The number of nitrogens with one attached hydrogen (secondary N) is 2. The molecule has 1 atom stereocenters. The van der Waals surface area contributed by atoms with E-state index in [1.165, 1.54) is 0 Å². The van der Waals surface area contributed by atoms with Gasteiger partial charge in [-0.1, -0.05) is 30.3 Å². The molecule has 3 rings (SSSR count). The molecule has 0 saturated heterocycles. The number of hydrogen-bond donors (Lipinski definition) is 2. The first-order valence-electron chi connectivity index (χ1n) is 8.27. The van der Waals surface area contributed by atoms with Crippen LogP contribution in [0.15, 0.2) is 36.4 Å². The number of benzene rings is 1. The summed E-state index contributed by atoms with van der Waals surface area (Å²) in [5.74, 6) is -0.475. The predicted octanol–water partition coefficient (Wildman–Crippen LogP) is 2.13. The third-order valence-electron chi connectivity index (χ3n) is 4.52. The van der Waals surface area contributed by atoms with Crippen LogP contribution in [0.5, 0.6) is 0 Å². The molecule has 1 aliphatic rings. The molecule has 1 aromatic carbocycles. The summed E-state index contributed by atoms with van der Waals surface area (Å²) in [5.41, 5.74) is 1.69. The van der Waals surface area contributed by atoms with E-state index in [2.05, 4.69) is 15.7 Å². The van der Waals surface area contributed by atoms with Crippen molar-refractivity contribution < 1.29 is 9.59 Å². The van der Waals surface area contributed by atoms with Gasteiger partial charge in [-0.3, -0.25) is 14.3 Å². The fourth-order valence-corrected chi connectivity index (χ4v) is 2.78. The number of carbonyl (C=O) groups is 2. The molecule has 1 saturated carbocycles. The van der Waals surface area contributed by atoms with Gasteiger partial charge in [0.15, 0.2) is 5.69 Å². The lowest BCUT2D eigenvalue weighted by atomic mass is 9.93. The van der Waals surface area contributed by atoms with Crippen LogP contribution in [-0.4, -0.2) is 34.7 Å². The summed E-state index contributed by atoms with van der Waals surface area (Å²) >= 11 is 0. The van der Waals surface area contributed by atoms with Crippen molar-refractivity contribution in [1.82, 2.24) is 20.4 Å². The largest absolute Gasteiger partial charge is 0.354 e. The first-order chi connectivity index (χ1) is 11.6. The number of hydrogen-bond acceptors (Lipinski definition) is 3. The number of carbonyl (C=O) groups excluding carboxylic acids is 2. The van der Waals surface area contributed by atoms with E-state index in [9.17, 15) is 9.59 Å². The van der Waals surface area contributed by atoms with Crippen LogP contribution in [0.3, 0.4) is 0 Å². The molecule has 0 unspecified atom stereocenters. The molecule has 0 spiro atoms. The molecule has 6 nitrogen and oxygen atoms in total. The first-order valence-corrected chi connectivity index (χ1v) is 8.27. The van der Waals surface area contributed by atoms with Crippen molar-refractivity contribution in [3.8, 4) is 0 Å². The lowest BCUT2D eigenvalue weighted by Gasteiger charge is -2.26. The Morgan fingerprint density at radius 1 is 1.21 bits per heavy atom. The van der Waals surface area contributed by atoms with Crippen LogP contribution in [0, 0.1) is 0 Å². The predicted molar refractivity (Wildman–Crippen MR) is 91.0 cm³/mol. The molecule has 1 aliphatic carbocycles. The zero-order chi connectivity index (χ0) is 17.1. The third kappa shape index (κ3) is 3.18. The second-order valence-electron chi connectivity index (χ2n) is 6.13. The summed E-state index contributed by atoms with van der Waals surface area (Å²) in [5, 5.41) is 9.95. The highest BCUT2D eigenvalue weighted by Crippen LogP contribution is 2.22. The molecule has 0 aliphatic heterocycles. The second-order valence-corrected chi connectivity index (χ2v) is 6.13. The van der Waals surface area contributed by atoms with Crippen molar-refractivity contribution in [3.63, 3.8) is 0 Å². The minimum Gasteiger partial charge on any atom is -0.354 e. The highest BCUT2D eigenvalue weighted by atomic mass is 16.2. The van der Waals surface area contributed by atoms with E-state index in [-0.39, 0.29) is 29.6 Å². The van der Waals surface area contributed by atoms with E-state index in [1.807, 2.05) is 37.3 Å². The average molecular weight is 326 g/mol. The smallest absolute Gasteiger partial charge is 0.271 e. The van der Waals surface area contributed by atoms with Crippen molar-refractivity contribution in [2.75, 3.05) is 7.05 Å². The summed E-state index contributed by atoms with van der Waals surface area (Å²) < 4.78 is 1.63. The Bertz CT molecular complexity index is 735. The van der Waals surface area contributed by atoms with E-state index in [4.69, 9.17) is 0 Å². The molecule has 2 aromatic rings. The molecule has 1 fully saturated rings. The van der Waals surface area contributed by atoms with Crippen LogP contribution in [0.2, 0.25) is 0 Å². The summed E-state index contributed by atoms with van der Waals surface area (Å²) in [6, 6.07) is 11.5. The van der Waals surface area contributed by atoms with E-state index < -0.39 is 0 Å². The number of aromatic nitrogens is 2. The molecule has 1 aromatic heterocycles. The maximum Gasteiger partial charge on any atom is 0.271 e. The van der Waals surface area contributed by atoms with Gasteiger partial charge in [0.25, 0.3) is 11.8 Å². The highest BCUT2D eigenvalue weighted by molar-refractivity contribution is 5.98. The lowest BCUT2D eigenvalue weighted by molar-refractivity contribution is 0.0903. The van der Waals surface area contributed by atoms with E-state index in [0.29, 0.717) is 5.69 Å². The Morgan fingerprint density at radius 2 is 1.92 bits per heavy atom. The van der Waals surface area contributed by atoms with Crippen molar-refractivity contribution >= 4 is 11.8 Å². The van der Waals surface area contributed by atoms with Crippen LogP contribution in [0.1, 0.15) is 58.8 Å². The quantitative estimate of drug-likeness (QED) is 0.884. The van der Waals surface area contributed by atoms with Crippen LogP contribution in [-0.2, 0) is 0 Å². The normalized spacial score (nSPS) is 15.4. The monoisotopic (exact) mass is 326 g/mol. The Labute approximate surface area is 141 Å². The molecule has 24 heavy (non-hydrogen) atoms. The van der Waals surface area contributed by atoms with Crippen LogP contribution in [0.4, 0.5) is 0 Å². The molecular weight excluding hydrogens is 304 g/mol. The van der Waals surface area contributed by atoms with Gasteiger partial charge in [0.2, 0.25) is 0 Å². The van der Waals surface area contributed by atoms with Gasteiger partial charge in [-0.15, -0.1) is 0 Å². The fourth-order valence-electron chi connectivity index (χ4n) is 2.78. The summed E-state index contributed by atoms with van der Waals surface area (Å²) in [7, 11) is 1.55. The average Bonchev–Trinajstić information content (AvgIpc) is 3.02. The van der Waals surface area contributed by atoms with Crippen molar-refractivity contribution in [2.45, 2.75) is 38.3 Å². The second kappa shape index (κ2) is 6.86. The minimum absolute atomic E-state index is 0.147. The summed E-state index contributed by atoms with van der Waals surface area (Å²) in [6.45, 7) is 1.97. The van der Waals surface area contributed by atoms with Crippen molar-refractivity contribution in [3.05, 3.63) is 53.3 Å². The zero-order valence-corrected chi connectivity index (χ0v) is 14.0. The highest BCUT2D eigenvalue weighted by Gasteiger charge is 2.26. The Hall–Kier alpha value is -2.63.